The van der Waals surface area contributed by atoms with Gasteiger partial charge in [-0.15, -0.1) is 0 Å². The summed E-state index contributed by atoms with van der Waals surface area (Å²) in [4.78, 5) is 12.6. The fraction of sp³-hybridized carbons (Fsp3) is 0.458. The smallest absolute Gasteiger partial charge is 0.243 e. The van der Waals surface area contributed by atoms with Gasteiger partial charge >= 0.3 is 0 Å². The summed E-state index contributed by atoms with van der Waals surface area (Å²) in [6, 6.07) is 9.66. The molecule has 1 amide bonds. The second-order valence-corrected chi connectivity index (χ2v) is 9.75. The van der Waals surface area contributed by atoms with E-state index >= 15 is 0 Å². The minimum Gasteiger partial charge on any atom is -0.455 e. The van der Waals surface area contributed by atoms with Crippen LogP contribution in [0.1, 0.15) is 33.1 Å². The van der Waals surface area contributed by atoms with Gasteiger partial charge in [0.1, 0.15) is 11.6 Å². The summed E-state index contributed by atoms with van der Waals surface area (Å²) in [6.07, 6.45) is 2.11. The van der Waals surface area contributed by atoms with Gasteiger partial charge in [0.25, 0.3) is 0 Å². The van der Waals surface area contributed by atoms with Crippen molar-refractivity contribution in [2.24, 2.45) is 0 Å². The summed E-state index contributed by atoms with van der Waals surface area (Å²) >= 11 is 0. The summed E-state index contributed by atoms with van der Waals surface area (Å²) in [6.45, 7) is 5.52. The van der Waals surface area contributed by atoms with Crippen LogP contribution in [0.3, 0.4) is 0 Å². The zero-order chi connectivity index (χ0) is 24.6. The van der Waals surface area contributed by atoms with Crippen LogP contribution in [0.15, 0.2) is 47.4 Å². The molecule has 2 aromatic rings. The van der Waals surface area contributed by atoms with Crippen LogP contribution < -0.4 is 10.1 Å². The summed E-state index contributed by atoms with van der Waals surface area (Å²) in [5.74, 6) is -0.187. The van der Waals surface area contributed by atoms with Crippen molar-refractivity contribution in [1.29, 1.82) is 0 Å². The molecule has 1 N–H and O–H groups in total. The summed E-state index contributed by atoms with van der Waals surface area (Å²) in [7, 11) is -3.75. The lowest BCUT2D eigenvalue weighted by Crippen LogP contribution is -2.30. The van der Waals surface area contributed by atoms with Crippen molar-refractivity contribution in [1.82, 2.24) is 4.31 Å². The van der Waals surface area contributed by atoms with Gasteiger partial charge in [-0.05, 0) is 55.3 Å². The van der Waals surface area contributed by atoms with Crippen molar-refractivity contribution in [2.45, 2.75) is 44.1 Å². The van der Waals surface area contributed by atoms with Crippen molar-refractivity contribution < 1.29 is 31.8 Å². The minimum atomic E-state index is -3.75. The molecule has 0 bridgehead atoms. The lowest BCUT2D eigenvalue weighted by molar-refractivity contribution is -0.117. The van der Waals surface area contributed by atoms with Crippen molar-refractivity contribution in [3.8, 4) is 11.5 Å². The van der Waals surface area contributed by atoms with Crippen LogP contribution in [0.4, 0.5) is 10.1 Å². The van der Waals surface area contributed by atoms with E-state index in [1.54, 1.807) is 13.8 Å². The number of nitrogens with one attached hydrogen (secondary N) is 1. The number of hydrogen-bond acceptors (Lipinski definition) is 6. The zero-order valence-electron chi connectivity index (χ0n) is 19.5. The SMILES string of the molecule is CCN(CC)S(=O)(=O)c1ccc(Oc2ccc(F)cc2)c(NC(=O)CCOCC2CCCO2)c1. The molecule has 0 aliphatic carbocycles. The van der Waals surface area contributed by atoms with Crippen LogP contribution >= 0.6 is 0 Å². The maximum atomic E-state index is 13.2. The van der Waals surface area contributed by atoms with Gasteiger partial charge < -0.3 is 19.5 Å². The van der Waals surface area contributed by atoms with Crippen LogP contribution in [0.5, 0.6) is 11.5 Å². The number of amides is 1. The first kappa shape index (κ1) is 26.1. The highest BCUT2D eigenvalue weighted by atomic mass is 32.2. The average molecular weight is 495 g/mol. The highest BCUT2D eigenvalue weighted by Crippen LogP contribution is 2.33. The minimum absolute atomic E-state index is 0.0348. The lowest BCUT2D eigenvalue weighted by atomic mass is 10.2. The number of hydrogen-bond donors (Lipinski definition) is 1. The number of sulfonamides is 1. The molecule has 1 aliphatic heterocycles. The fourth-order valence-electron chi connectivity index (χ4n) is 3.57. The average Bonchev–Trinajstić information content (AvgIpc) is 3.33. The van der Waals surface area contributed by atoms with Gasteiger partial charge in [-0.2, -0.15) is 4.31 Å². The van der Waals surface area contributed by atoms with E-state index < -0.39 is 15.8 Å². The van der Waals surface area contributed by atoms with Gasteiger partial charge in [0.05, 0.1) is 36.3 Å². The topological polar surface area (TPSA) is 94.2 Å². The Balaban J connectivity index is 1.75. The number of halogens is 1. The van der Waals surface area contributed by atoms with E-state index in [9.17, 15) is 17.6 Å². The summed E-state index contributed by atoms with van der Waals surface area (Å²) in [5.41, 5.74) is 0.196. The largest absolute Gasteiger partial charge is 0.455 e. The Morgan fingerprint density at radius 1 is 1.18 bits per heavy atom. The Labute approximate surface area is 200 Å². The number of carbonyl (C=O) groups is 1. The predicted octanol–water partition coefficient (Wildman–Crippen LogP) is 4.17. The monoisotopic (exact) mass is 494 g/mol. The van der Waals surface area contributed by atoms with Crippen molar-refractivity contribution >= 4 is 21.6 Å². The van der Waals surface area contributed by atoms with E-state index in [1.165, 1.54) is 46.8 Å². The molecule has 3 rings (SSSR count). The molecule has 0 spiro atoms. The molecule has 0 radical (unpaired) electrons. The second kappa shape index (κ2) is 12.3. The maximum Gasteiger partial charge on any atom is 0.243 e. The van der Waals surface area contributed by atoms with Gasteiger partial charge in [-0.3, -0.25) is 4.79 Å². The highest BCUT2D eigenvalue weighted by molar-refractivity contribution is 7.89. The predicted molar refractivity (Wildman–Crippen MR) is 126 cm³/mol. The molecule has 2 aromatic carbocycles. The lowest BCUT2D eigenvalue weighted by Gasteiger charge is -2.20. The molecule has 1 fully saturated rings. The van der Waals surface area contributed by atoms with E-state index in [2.05, 4.69) is 5.32 Å². The molecule has 8 nitrogen and oxygen atoms in total. The third-order valence-corrected chi connectivity index (χ3v) is 7.46. The van der Waals surface area contributed by atoms with Crippen LogP contribution in [-0.4, -0.2) is 57.6 Å². The first-order chi connectivity index (χ1) is 16.3. The quantitative estimate of drug-likeness (QED) is 0.445. The molecular weight excluding hydrogens is 463 g/mol. The molecular formula is C24H31FN2O6S. The third kappa shape index (κ3) is 6.99. The number of rotatable bonds is 12. The maximum absolute atomic E-state index is 13.2. The van der Waals surface area contributed by atoms with Gasteiger partial charge in [0.2, 0.25) is 15.9 Å². The Hall–Kier alpha value is -2.53. The number of ether oxygens (including phenoxy) is 3. The van der Waals surface area contributed by atoms with E-state index in [0.717, 1.165) is 19.4 Å². The Morgan fingerprint density at radius 3 is 2.56 bits per heavy atom. The van der Waals surface area contributed by atoms with E-state index in [-0.39, 0.29) is 41.4 Å². The van der Waals surface area contributed by atoms with Crippen molar-refractivity contribution in [3.63, 3.8) is 0 Å². The van der Waals surface area contributed by atoms with Crippen molar-refractivity contribution in [3.05, 3.63) is 48.3 Å². The molecule has 1 heterocycles. The second-order valence-electron chi connectivity index (χ2n) is 7.81. The van der Waals surface area contributed by atoms with Gasteiger partial charge in [0.15, 0.2) is 5.75 Å². The number of anilines is 1. The zero-order valence-corrected chi connectivity index (χ0v) is 20.3. The van der Waals surface area contributed by atoms with Gasteiger partial charge in [-0.25, -0.2) is 12.8 Å². The fourth-order valence-corrected chi connectivity index (χ4v) is 5.05. The van der Waals surface area contributed by atoms with Gasteiger partial charge in [-0.1, -0.05) is 13.8 Å². The van der Waals surface area contributed by atoms with E-state index in [4.69, 9.17) is 14.2 Å². The first-order valence-corrected chi connectivity index (χ1v) is 12.8. The van der Waals surface area contributed by atoms with Gasteiger partial charge in [0, 0.05) is 19.7 Å². The normalized spacial score (nSPS) is 16.1. The molecule has 1 unspecified atom stereocenters. The first-order valence-electron chi connectivity index (χ1n) is 11.4. The highest BCUT2D eigenvalue weighted by Gasteiger charge is 2.24. The molecule has 10 heteroatoms. The Kier molecular flexibility index (Phi) is 9.40. The molecule has 1 saturated heterocycles. The van der Waals surface area contributed by atoms with E-state index in [0.29, 0.717) is 25.4 Å². The standard InChI is InChI=1S/C24H31FN2O6S/c1-3-27(4-2)34(29,30)21-11-12-23(33-19-9-7-18(25)8-10-19)22(16-21)26-24(28)13-15-31-17-20-6-5-14-32-20/h7-12,16,20H,3-6,13-15,17H2,1-2H3,(H,26,28). The van der Waals surface area contributed by atoms with Crippen LogP contribution in [0, 0.1) is 5.82 Å². The summed E-state index contributed by atoms with van der Waals surface area (Å²) < 4.78 is 57.4. The number of nitrogens with zero attached hydrogens (tertiary/aromatic N) is 1. The molecule has 186 valence electrons. The summed E-state index contributed by atoms with van der Waals surface area (Å²) in [5, 5.41) is 2.73. The van der Waals surface area contributed by atoms with Crippen LogP contribution in [0.2, 0.25) is 0 Å². The third-order valence-electron chi connectivity index (χ3n) is 5.41. The molecule has 0 saturated carbocycles. The van der Waals surface area contributed by atoms with Crippen LogP contribution in [0.25, 0.3) is 0 Å². The Bertz CT molecular complexity index is 1050. The number of carbonyl (C=O) groups excluding carboxylic acids is 1. The van der Waals surface area contributed by atoms with Crippen LogP contribution in [-0.2, 0) is 24.3 Å². The molecule has 34 heavy (non-hydrogen) atoms. The van der Waals surface area contributed by atoms with Crippen molar-refractivity contribution in [2.75, 3.05) is 38.2 Å². The van der Waals surface area contributed by atoms with E-state index in [1.807, 2.05) is 0 Å². The molecule has 1 atom stereocenters. The molecule has 1 aliphatic rings. The molecule has 0 aromatic heterocycles. The number of benzene rings is 2. The Morgan fingerprint density at radius 2 is 1.91 bits per heavy atom.